The highest BCUT2D eigenvalue weighted by molar-refractivity contribution is 5.70. The number of nitrogens with one attached hydrogen (secondary N) is 1. The van der Waals surface area contributed by atoms with Crippen molar-refractivity contribution in [1.82, 2.24) is 4.90 Å². The van der Waals surface area contributed by atoms with Crippen LogP contribution >= 0.6 is 0 Å². The van der Waals surface area contributed by atoms with Crippen molar-refractivity contribution < 1.29 is 0 Å². The molecule has 22 heavy (non-hydrogen) atoms. The van der Waals surface area contributed by atoms with Crippen LogP contribution in [0.2, 0.25) is 0 Å². The molecule has 2 unspecified atom stereocenters. The molecule has 1 aromatic carbocycles. The van der Waals surface area contributed by atoms with Gasteiger partial charge in [0.2, 0.25) is 0 Å². The molecule has 5 N–H and O–H groups in total. The maximum absolute atomic E-state index is 6.25. The largest absolute Gasteiger partial charge is 0.398 e. The van der Waals surface area contributed by atoms with Crippen molar-refractivity contribution in [3.8, 4) is 0 Å². The van der Waals surface area contributed by atoms with Gasteiger partial charge in [-0.05, 0) is 63.5 Å². The standard InChI is InChI=1S/C18H28N4/c1-12-5-8-15(21-4)11-16(12)17(19)9-10-18(20)22-13(2)6-7-14(22)3/h5,8-11,13-14,21H,6-7,19-20H2,1-4H3/b17-9-,18-10+. The van der Waals surface area contributed by atoms with Crippen molar-refractivity contribution in [2.75, 3.05) is 12.4 Å². The number of hydrogen-bond donors (Lipinski definition) is 3. The molecule has 4 heteroatoms. The minimum atomic E-state index is 0.496. The van der Waals surface area contributed by atoms with E-state index in [4.69, 9.17) is 11.5 Å². The van der Waals surface area contributed by atoms with Gasteiger partial charge in [0, 0.05) is 36.1 Å². The number of aryl methyl sites for hydroxylation is 1. The lowest BCUT2D eigenvalue weighted by Gasteiger charge is -2.28. The first-order valence-electron chi connectivity index (χ1n) is 7.94. The Bertz CT molecular complexity index is 579. The van der Waals surface area contributed by atoms with E-state index in [1.165, 1.54) is 12.8 Å². The molecule has 0 aromatic heterocycles. The number of likely N-dealkylation sites (tertiary alicyclic amines) is 1. The Morgan fingerprint density at radius 2 is 1.82 bits per heavy atom. The number of allylic oxidation sites excluding steroid dienone is 2. The molecule has 1 aliphatic heterocycles. The fourth-order valence-corrected chi connectivity index (χ4v) is 3.14. The lowest BCUT2D eigenvalue weighted by atomic mass is 10.0. The first-order valence-corrected chi connectivity index (χ1v) is 7.94. The zero-order valence-corrected chi connectivity index (χ0v) is 14.1. The summed E-state index contributed by atoms with van der Waals surface area (Å²) in [4.78, 5) is 2.28. The van der Waals surface area contributed by atoms with E-state index in [0.717, 1.165) is 28.3 Å². The van der Waals surface area contributed by atoms with Crippen LogP contribution in [-0.4, -0.2) is 24.0 Å². The van der Waals surface area contributed by atoms with Crippen molar-refractivity contribution >= 4 is 11.4 Å². The highest BCUT2D eigenvalue weighted by Crippen LogP contribution is 2.26. The molecular weight excluding hydrogens is 272 g/mol. The van der Waals surface area contributed by atoms with E-state index in [-0.39, 0.29) is 0 Å². The number of hydrogen-bond acceptors (Lipinski definition) is 4. The van der Waals surface area contributed by atoms with Crippen molar-refractivity contribution in [1.29, 1.82) is 0 Å². The first-order chi connectivity index (χ1) is 10.4. The number of rotatable bonds is 4. The zero-order chi connectivity index (χ0) is 16.3. The minimum absolute atomic E-state index is 0.496. The summed E-state index contributed by atoms with van der Waals surface area (Å²) in [5.41, 5.74) is 16.5. The van der Waals surface area contributed by atoms with E-state index >= 15 is 0 Å². The summed E-state index contributed by atoms with van der Waals surface area (Å²) in [7, 11) is 1.91. The van der Waals surface area contributed by atoms with Gasteiger partial charge in [0.05, 0.1) is 5.82 Å². The summed E-state index contributed by atoms with van der Waals surface area (Å²) in [5.74, 6) is 0.794. The third-order valence-corrected chi connectivity index (χ3v) is 4.52. The zero-order valence-electron chi connectivity index (χ0n) is 14.1. The molecule has 1 saturated heterocycles. The summed E-state index contributed by atoms with van der Waals surface area (Å²) < 4.78 is 0. The average Bonchev–Trinajstić information content (AvgIpc) is 2.84. The summed E-state index contributed by atoms with van der Waals surface area (Å²) in [5, 5.41) is 3.14. The van der Waals surface area contributed by atoms with Crippen LogP contribution in [0.5, 0.6) is 0 Å². The van der Waals surface area contributed by atoms with Gasteiger partial charge >= 0.3 is 0 Å². The SMILES string of the molecule is CNc1ccc(C)c(/C(N)=C/C=C(\N)N2C(C)CCC2C)c1. The van der Waals surface area contributed by atoms with E-state index < -0.39 is 0 Å². The molecule has 0 radical (unpaired) electrons. The first kappa shape index (κ1) is 16.3. The van der Waals surface area contributed by atoms with Gasteiger partial charge in [-0.25, -0.2) is 0 Å². The summed E-state index contributed by atoms with van der Waals surface area (Å²) in [6.45, 7) is 6.50. The van der Waals surface area contributed by atoms with Crippen LogP contribution in [-0.2, 0) is 0 Å². The van der Waals surface area contributed by atoms with Gasteiger partial charge in [-0.15, -0.1) is 0 Å². The van der Waals surface area contributed by atoms with Gasteiger partial charge < -0.3 is 21.7 Å². The second kappa shape index (κ2) is 6.77. The fraction of sp³-hybridized carbons (Fsp3) is 0.444. The Morgan fingerprint density at radius 1 is 1.18 bits per heavy atom. The van der Waals surface area contributed by atoms with Crippen molar-refractivity contribution in [2.45, 2.75) is 45.7 Å². The molecule has 2 rings (SSSR count). The smallest absolute Gasteiger partial charge is 0.0991 e. The average molecular weight is 300 g/mol. The van der Waals surface area contributed by atoms with Crippen molar-refractivity contribution in [2.24, 2.45) is 11.5 Å². The van der Waals surface area contributed by atoms with Crippen LogP contribution in [0, 0.1) is 6.92 Å². The van der Waals surface area contributed by atoms with Crippen LogP contribution in [0.25, 0.3) is 5.70 Å². The third-order valence-electron chi connectivity index (χ3n) is 4.52. The molecule has 1 aliphatic rings. The topological polar surface area (TPSA) is 67.3 Å². The monoisotopic (exact) mass is 300 g/mol. The highest BCUT2D eigenvalue weighted by atomic mass is 15.3. The Hall–Kier alpha value is -2.10. The van der Waals surface area contributed by atoms with Gasteiger partial charge in [0.1, 0.15) is 0 Å². The molecule has 0 aliphatic carbocycles. The Balaban J connectivity index is 2.23. The van der Waals surface area contributed by atoms with Crippen LogP contribution in [0.3, 0.4) is 0 Å². The van der Waals surface area contributed by atoms with Crippen molar-refractivity contribution in [3.63, 3.8) is 0 Å². The molecule has 1 heterocycles. The normalized spacial score (nSPS) is 23.0. The van der Waals surface area contributed by atoms with Gasteiger partial charge in [-0.1, -0.05) is 6.07 Å². The molecule has 0 bridgehead atoms. The van der Waals surface area contributed by atoms with E-state index in [2.05, 4.69) is 43.1 Å². The maximum atomic E-state index is 6.25. The van der Waals surface area contributed by atoms with Crippen LogP contribution < -0.4 is 16.8 Å². The second-order valence-corrected chi connectivity index (χ2v) is 6.18. The number of benzene rings is 1. The van der Waals surface area contributed by atoms with Crippen LogP contribution in [0.1, 0.15) is 37.8 Å². The lowest BCUT2D eigenvalue weighted by Crippen LogP contribution is -2.35. The molecule has 1 aromatic rings. The number of anilines is 1. The van der Waals surface area contributed by atoms with Crippen molar-refractivity contribution in [3.05, 3.63) is 47.3 Å². The Morgan fingerprint density at radius 3 is 2.41 bits per heavy atom. The second-order valence-electron chi connectivity index (χ2n) is 6.18. The predicted molar refractivity (Wildman–Crippen MR) is 95.2 cm³/mol. The van der Waals surface area contributed by atoms with E-state index in [9.17, 15) is 0 Å². The highest BCUT2D eigenvalue weighted by Gasteiger charge is 2.27. The molecule has 0 amide bonds. The molecule has 2 atom stereocenters. The predicted octanol–water partition coefficient (Wildman–Crippen LogP) is 3.01. The molecule has 0 saturated carbocycles. The Labute approximate surface area is 133 Å². The quantitative estimate of drug-likeness (QED) is 0.748. The summed E-state index contributed by atoms with van der Waals surface area (Å²) >= 11 is 0. The maximum Gasteiger partial charge on any atom is 0.0991 e. The van der Waals surface area contributed by atoms with Crippen LogP contribution in [0.15, 0.2) is 36.2 Å². The third kappa shape index (κ3) is 3.38. The Kier molecular flexibility index (Phi) is 5.01. The summed E-state index contributed by atoms with van der Waals surface area (Å²) in [6.07, 6.45) is 6.23. The lowest BCUT2D eigenvalue weighted by molar-refractivity contribution is 0.274. The fourth-order valence-electron chi connectivity index (χ4n) is 3.14. The van der Waals surface area contributed by atoms with Gasteiger partial charge in [0.25, 0.3) is 0 Å². The van der Waals surface area contributed by atoms with E-state index in [0.29, 0.717) is 12.1 Å². The van der Waals surface area contributed by atoms with Gasteiger partial charge in [0.15, 0.2) is 0 Å². The molecule has 1 fully saturated rings. The van der Waals surface area contributed by atoms with Gasteiger partial charge in [-0.2, -0.15) is 0 Å². The van der Waals surface area contributed by atoms with E-state index in [1.807, 2.05) is 25.3 Å². The summed E-state index contributed by atoms with van der Waals surface area (Å²) in [6, 6.07) is 7.17. The molecule has 0 spiro atoms. The van der Waals surface area contributed by atoms with Gasteiger partial charge in [-0.3, -0.25) is 0 Å². The minimum Gasteiger partial charge on any atom is -0.398 e. The van der Waals surface area contributed by atoms with Crippen LogP contribution in [0.4, 0.5) is 5.69 Å². The molecule has 120 valence electrons. The number of nitrogens with zero attached hydrogens (tertiary/aromatic N) is 1. The number of nitrogens with two attached hydrogens (primary N) is 2. The molecular formula is C18H28N4. The van der Waals surface area contributed by atoms with E-state index in [1.54, 1.807) is 0 Å². The molecule has 4 nitrogen and oxygen atoms in total.